The number of hydrogen-bond acceptors (Lipinski definition) is 7. The second kappa shape index (κ2) is 10.5. The van der Waals surface area contributed by atoms with Crippen molar-refractivity contribution in [2.75, 3.05) is 0 Å². The molecule has 4 aromatic rings. The van der Waals surface area contributed by atoms with Gasteiger partial charge in [-0.1, -0.05) is 19.1 Å². The normalized spacial score (nSPS) is 24.0. The van der Waals surface area contributed by atoms with E-state index in [9.17, 15) is 23.8 Å². The first-order valence-electron chi connectivity index (χ1n) is 13.8. The molecule has 1 amide bonds. The predicted octanol–water partition coefficient (Wildman–Crippen LogP) is 4.87. The topological polar surface area (TPSA) is 122 Å². The molecular weight excluding hydrogens is 532 g/mol. The minimum Gasteiger partial charge on any atom is -0.435 e. The standard InChI is InChI=1S/C30H31F2N5O4/c1-2-29(39)9-11-30(40,12-10-29)27-33-16-20(17-34-27)18-6-7-22-24(15-18)37-13-8-23(25(37)35-22)36-26(38)19-4-3-5-21(14-19)41-28(31)32/h3-7,14-17,23,28,39-40H,2,8-13H2,1H3,(H,36,38)/t23-,29?,30?/m1/s1. The SMILES string of the molecule is CCC1(O)CCC(O)(c2ncc(-c3ccc4nc5n(c4c3)CC[C@H]5NC(=O)c3cccc(OC(F)F)c3)cn2)CC1. The Morgan fingerprint density at radius 2 is 1.85 bits per heavy atom. The summed E-state index contributed by atoms with van der Waals surface area (Å²) in [6, 6.07) is 11.2. The van der Waals surface area contributed by atoms with Crippen molar-refractivity contribution in [3.8, 4) is 16.9 Å². The van der Waals surface area contributed by atoms with Gasteiger partial charge in [0, 0.05) is 30.1 Å². The molecule has 1 aliphatic heterocycles. The number of ether oxygens (including phenoxy) is 1. The van der Waals surface area contributed by atoms with Crippen LogP contribution in [0.4, 0.5) is 8.78 Å². The van der Waals surface area contributed by atoms with Gasteiger partial charge in [0.25, 0.3) is 5.91 Å². The molecular formula is C30H31F2N5O4. The summed E-state index contributed by atoms with van der Waals surface area (Å²) in [6.45, 7) is -0.361. The van der Waals surface area contributed by atoms with E-state index < -0.39 is 23.7 Å². The van der Waals surface area contributed by atoms with Gasteiger partial charge >= 0.3 is 6.61 Å². The number of aliphatic hydroxyl groups is 2. The van der Waals surface area contributed by atoms with E-state index in [0.717, 1.165) is 28.0 Å². The molecule has 6 rings (SSSR count). The van der Waals surface area contributed by atoms with Crippen LogP contribution in [-0.4, -0.2) is 47.9 Å². The number of aromatic nitrogens is 4. The zero-order valence-corrected chi connectivity index (χ0v) is 22.6. The number of alkyl halides is 2. The van der Waals surface area contributed by atoms with Crippen LogP contribution in [0.15, 0.2) is 54.9 Å². The first-order valence-corrected chi connectivity index (χ1v) is 13.8. The number of nitrogens with zero attached hydrogens (tertiary/aromatic N) is 4. The summed E-state index contributed by atoms with van der Waals surface area (Å²) in [5, 5.41) is 24.6. The molecule has 1 fully saturated rings. The van der Waals surface area contributed by atoms with Crippen molar-refractivity contribution < 1.29 is 28.5 Å². The minimum atomic E-state index is -2.97. The summed E-state index contributed by atoms with van der Waals surface area (Å²) in [5.74, 6) is 0.624. The highest BCUT2D eigenvalue weighted by atomic mass is 19.3. The van der Waals surface area contributed by atoms with Crippen molar-refractivity contribution in [2.45, 2.75) is 75.8 Å². The van der Waals surface area contributed by atoms with Gasteiger partial charge in [0.1, 0.15) is 17.2 Å². The van der Waals surface area contributed by atoms with E-state index in [0.29, 0.717) is 50.9 Å². The highest BCUT2D eigenvalue weighted by Crippen LogP contribution is 2.41. The van der Waals surface area contributed by atoms with Crippen LogP contribution in [0.1, 0.15) is 73.5 Å². The van der Waals surface area contributed by atoms with Crippen LogP contribution in [0.5, 0.6) is 5.75 Å². The second-order valence-electron chi connectivity index (χ2n) is 11.0. The van der Waals surface area contributed by atoms with Crippen molar-refractivity contribution in [2.24, 2.45) is 0 Å². The highest BCUT2D eigenvalue weighted by Gasteiger charge is 2.42. The molecule has 11 heteroatoms. The van der Waals surface area contributed by atoms with Crippen molar-refractivity contribution in [1.82, 2.24) is 24.8 Å². The van der Waals surface area contributed by atoms with E-state index in [1.807, 2.05) is 25.1 Å². The molecule has 0 saturated heterocycles. The molecule has 41 heavy (non-hydrogen) atoms. The third-order valence-corrected chi connectivity index (χ3v) is 8.42. The number of aryl methyl sites for hydroxylation is 1. The van der Waals surface area contributed by atoms with Gasteiger partial charge in [0.2, 0.25) is 0 Å². The maximum Gasteiger partial charge on any atom is 0.387 e. The minimum absolute atomic E-state index is 0.0765. The molecule has 2 aromatic carbocycles. The number of carbonyl (C=O) groups excluding carboxylic acids is 1. The number of rotatable bonds is 7. The molecule has 0 radical (unpaired) electrons. The molecule has 3 heterocycles. The lowest BCUT2D eigenvalue weighted by molar-refractivity contribution is -0.0898. The van der Waals surface area contributed by atoms with Crippen molar-refractivity contribution in [1.29, 1.82) is 0 Å². The lowest BCUT2D eigenvalue weighted by atomic mass is 9.74. The average molecular weight is 564 g/mol. The first kappa shape index (κ1) is 27.2. The van der Waals surface area contributed by atoms with E-state index >= 15 is 0 Å². The van der Waals surface area contributed by atoms with Crippen LogP contribution >= 0.6 is 0 Å². The molecule has 0 bridgehead atoms. The van der Waals surface area contributed by atoms with Crippen LogP contribution in [0.3, 0.4) is 0 Å². The molecule has 1 aliphatic carbocycles. The van der Waals surface area contributed by atoms with E-state index in [4.69, 9.17) is 4.98 Å². The van der Waals surface area contributed by atoms with E-state index in [1.54, 1.807) is 18.5 Å². The molecule has 214 valence electrons. The maximum absolute atomic E-state index is 12.9. The van der Waals surface area contributed by atoms with Gasteiger partial charge in [-0.15, -0.1) is 0 Å². The fourth-order valence-corrected chi connectivity index (χ4v) is 5.82. The predicted molar refractivity (Wildman–Crippen MR) is 146 cm³/mol. The van der Waals surface area contributed by atoms with Gasteiger partial charge in [-0.2, -0.15) is 8.78 Å². The van der Waals surface area contributed by atoms with E-state index in [2.05, 4.69) is 24.6 Å². The third kappa shape index (κ3) is 5.27. The number of imidazole rings is 1. The summed E-state index contributed by atoms with van der Waals surface area (Å²) in [4.78, 5) is 26.6. The number of nitrogens with one attached hydrogen (secondary N) is 1. The van der Waals surface area contributed by atoms with Crippen LogP contribution in [-0.2, 0) is 12.1 Å². The summed E-state index contributed by atoms with van der Waals surface area (Å²) < 4.78 is 31.6. The Balaban J connectivity index is 1.19. The van der Waals surface area contributed by atoms with Crippen LogP contribution < -0.4 is 10.1 Å². The number of benzene rings is 2. The third-order valence-electron chi connectivity index (χ3n) is 8.42. The van der Waals surface area contributed by atoms with Crippen molar-refractivity contribution in [3.63, 3.8) is 0 Å². The molecule has 2 aliphatic rings. The lowest BCUT2D eigenvalue weighted by Gasteiger charge is -2.39. The molecule has 9 nitrogen and oxygen atoms in total. The van der Waals surface area contributed by atoms with Crippen LogP contribution in [0, 0.1) is 0 Å². The molecule has 0 unspecified atom stereocenters. The van der Waals surface area contributed by atoms with Gasteiger partial charge in [-0.3, -0.25) is 4.79 Å². The smallest absolute Gasteiger partial charge is 0.387 e. The van der Waals surface area contributed by atoms with Gasteiger partial charge in [0.15, 0.2) is 5.82 Å². The number of halogens is 2. The summed E-state index contributed by atoms with van der Waals surface area (Å²) in [6.07, 6.45) is 6.56. The zero-order chi connectivity index (χ0) is 28.8. The quantitative estimate of drug-likeness (QED) is 0.293. The monoisotopic (exact) mass is 563 g/mol. The largest absolute Gasteiger partial charge is 0.435 e. The zero-order valence-electron chi connectivity index (χ0n) is 22.6. The van der Waals surface area contributed by atoms with E-state index in [1.165, 1.54) is 18.2 Å². The van der Waals surface area contributed by atoms with E-state index in [-0.39, 0.29) is 17.4 Å². The van der Waals surface area contributed by atoms with Gasteiger partial charge in [-0.25, -0.2) is 15.0 Å². The summed E-state index contributed by atoms with van der Waals surface area (Å²) >= 11 is 0. The maximum atomic E-state index is 12.9. The Kier molecular flexibility index (Phi) is 6.95. The Labute approximate surface area is 235 Å². The van der Waals surface area contributed by atoms with Crippen molar-refractivity contribution >= 4 is 16.9 Å². The number of hydrogen-bond donors (Lipinski definition) is 3. The van der Waals surface area contributed by atoms with Crippen LogP contribution in [0.25, 0.3) is 22.2 Å². The Bertz CT molecular complexity index is 1580. The molecule has 1 saturated carbocycles. The second-order valence-corrected chi connectivity index (χ2v) is 11.0. The fourth-order valence-electron chi connectivity index (χ4n) is 5.82. The Hall–Kier alpha value is -3.96. The summed E-state index contributed by atoms with van der Waals surface area (Å²) in [7, 11) is 0. The lowest BCUT2D eigenvalue weighted by Crippen LogP contribution is -2.41. The van der Waals surface area contributed by atoms with Crippen LogP contribution in [0.2, 0.25) is 0 Å². The molecule has 3 N–H and O–H groups in total. The first-order chi connectivity index (χ1) is 19.7. The van der Waals surface area contributed by atoms with Gasteiger partial charge < -0.3 is 24.8 Å². The fraction of sp³-hybridized carbons (Fsp3) is 0.400. The Morgan fingerprint density at radius 1 is 1.10 bits per heavy atom. The van der Waals surface area contributed by atoms with Crippen molar-refractivity contribution in [3.05, 3.63) is 72.1 Å². The number of carbonyl (C=O) groups is 1. The average Bonchev–Trinajstić information content (AvgIpc) is 3.54. The highest BCUT2D eigenvalue weighted by molar-refractivity contribution is 5.95. The number of fused-ring (bicyclic) bond motifs is 3. The molecule has 2 aromatic heterocycles. The van der Waals surface area contributed by atoms with Gasteiger partial charge in [-0.05, 0) is 74.4 Å². The van der Waals surface area contributed by atoms with Gasteiger partial charge in [0.05, 0.1) is 22.7 Å². The molecule has 0 spiro atoms. The molecule has 1 atom stereocenters. The number of amides is 1. The Morgan fingerprint density at radius 3 is 2.56 bits per heavy atom. The summed E-state index contributed by atoms with van der Waals surface area (Å²) in [5.41, 5.74) is 1.74.